The van der Waals surface area contributed by atoms with Gasteiger partial charge in [-0.15, -0.1) is 0 Å². The van der Waals surface area contributed by atoms with E-state index in [1.54, 1.807) is 0 Å². The van der Waals surface area contributed by atoms with Crippen molar-refractivity contribution >= 4 is 5.97 Å². The Labute approximate surface area is 108 Å². The van der Waals surface area contributed by atoms with E-state index in [9.17, 15) is 9.90 Å². The number of ether oxygens (including phenoxy) is 2. The van der Waals surface area contributed by atoms with E-state index >= 15 is 0 Å². The van der Waals surface area contributed by atoms with Gasteiger partial charge in [-0.25, -0.2) is 0 Å². The summed E-state index contributed by atoms with van der Waals surface area (Å²) >= 11 is 0. The molecule has 1 aliphatic heterocycles. The van der Waals surface area contributed by atoms with Crippen molar-refractivity contribution in [1.29, 1.82) is 0 Å². The van der Waals surface area contributed by atoms with Crippen molar-refractivity contribution in [3.63, 3.8) is 0 Å². The zero-order valence-electron chi connectivity index (χ0n) is 6.70. The molecule has 1 aliphatic rings. The molecule has 1 fully saturated rings. The fourth-order valence-electron chi connectivity index (χ4n) is 0.776. The van der Waals surface area contributed by atoms with Crippen LogP contribution in [0.2, 0.25) is 0 Å². The van der Waals surface area contributed by atoms with E-state index in [0.717, 1.165) is 0 Å². The topological polar surface area (TPSA) is 58.6 Å². The van der Waals surface area contributed by atoms with Gasteiger partial charge in [0.15, 0.2) is 6.29 Å². The molecule has 0 aromatic carbocycles. The number of aliphatic carboxylic acids is 1. The molecule has 4 nitrogen and oxygen atoms in total. The first kappa shape index (κ1) is 12.0. The molecule has 0 amide bonds. The van der Waals surface area contributed by atoms with E-state index in [-0.39, 0.29) is 51.4 Å². The molecule has 0 bridgehead atoms. The van der Waals surface area contributed by atoms with Crippen molar-refractivity contribution in [2.24, 2.45) is 5.92 Å². The van der Waals surface area contributed by atoms with Gasteiger partial charge in [-0.05, 0) is 0 Å². The Morgan fingerprint density at radius 1 is 1.55 bits per heavy atom. The average molecular weight is 184 g/mol. The van der Waals surface area contributed by atoms with Crippen LogP contribution in [0.1, 0.15) is 6.92 Å². The number of carbonyl (C=O) groups is 1. The predicted octanol–water partition coefficient (Wildman–Crippen LogP) is -4.25. The molecule has 0 spiro atoms. The normalized spacial score (nSPS) is 20.8. The van der Waals surface area contributed by atoms with Crippen LogP contribution in [0.3, 0.4) is 0 Å². The molecule has 0 aliphatic carbocycles. The van der Waals surface area contributed by atoms with Crippen LogP contribution in [0.5, 0.6) is 0 Å². The summed E-state index contributed by atoms with van der Waals surface area (Å²) in [4.78, 5) is 10.2. The molecular weight excluding hydrogens is 175 g/mol. The zero-order valence-corrected chi connectivity index (χ0v) is 9.83. The Bertz CT molecular complexity index is 133. The van der Waals surface area contributed by atoms with Crippen molar-refractivity contribution in [2.45, 2.75) is 13.2 Å². The van der Waals surface area contributed by atoms with Gasteiger partial charge in [0.2, 0.25) is 0 Å². The molecule has 1 atom stereocenters. The average Bonchev–Trinajstić information content (AvgIpc) is 2.36. The molecule has 1 unspecified atom stereocenters. The standard InChI is InChI=1S/C6H10O4.K/c1-4(5(7)8)6-9-2-3-10-6;/h4,6H,2-3H2,1H3,(H,7,8);/q;+1/p-1. The second-order valence-electron chi connectivity index (χ2n) is 2.22. The Balaban J connectivity index is 0.000001000. The smallest absolute Gasteiger partial charge is 0.550 e. The number of carbonyl (C=O) groups excluding carboxylic acids is 1. The van der Waals surface area contributed by atoms with Crippen LogP contribution < -0.4 is 56.5 Å². The van der Waals surface area contributed by atoms with Crippen molar-refractivity contribution in [1.82, 2.24) is 0 Å². The van der Waals surface area contributed by atoms with E-state index < -0.39 is 18.2 Å². The summed E-state index contributed by atoms with van der Waals surface area (Å²) in [6.07, 6.45) is -0.606. The summed E-state index contributed by atoms with van der Waals surface area (Å²) in [5, 5.41) is 10.2. The number of carboxylic acid groups (broad SMARTS) is 1. The van der Waals surface area contributed by atoms with Crippen molar-refractivity contribution in [2.75, 3.05) is 13.2 Å². The number of hydrogen-bond acceptors (Lipinski definition) is 4. The maximum atomic E-state index is 10.2. The summed E-state index contributed by atoms with van der Waals surface area (Å²) in [5.41, 5.74) is 0. The van der Waals surface area contributed by atoms with E-state index in [2.05, 4.69) is 0 Å². The Hall–Kier alpha value is 1.03. The van der Waals surface area contributed by atoms with Gasteiger partial charge in [0.05, 0.1) is 13.2 Å². The summed E-state index contributed by atoms with van der Waals surface area (Å²) < 4.78 is 9.87. The largest absolute Gasteiger partial charge is 1.00 e. The molecule has 0 N–H and O–H groups in total. The second-order valence-corrected chi connectivity index (χ2v) is 2.22. The SMILES string of the molecule is CC(C(=O)[O-])C1OCCO1.[K+]. The van der Waals surface area contributed by atoms with Gasteiger partial charge in [-0.1, -0.05) is 6.92 Å². The third-order valence-electron chi connectivity index (χ3n) is 1.43. The minimum Gasteiger partial charge on any atom is -0.550 e. The van der Waals surface area contributed by atoms with E-state index in [4.69, 9.17) is 9.47 Å². The third-order valence-corrected chi connectivity index (χ3v) is 1.43. The Kier molecular flexibility index (Phi) is 6.16. The summed E-state index contributed by atoms with van der Waals surface area (Å²) in [6, 6.07) is 0. The van der Waals surface area contributed by atoms with Crippen molar-refractivity contribution in [3.05, 3.63) is 0 Å². The van der Waals surface area contributed by atoms with Crippen LogP contribution in [-0.4, -0.2) is 25.5 Å². The molecule has 58 valence electrons. The summed E-state index contributed by atoms with van der Waals surface area (Å²) in [5.74, 6) is -1.81. The van der Waals surface area contributed by atoms with Crippen LogP contribution >= 0.6 is 0 Å². The number of rotatable bonds is 2. The quantitative estimate of drug-likeness (QED) is 0.408. The molecule has 1 heterocycles. The van der Waals surface area contributed by atoms with Crippen molar-refractivity contribution < 1.29 is 70.8 Å². The maximum Gasteiger partial charge on any atom is 1.00 e. The fraction of sp³-hybridized carbons (Fsp3) is 0.833. The van der Waals surface area contributed by atoms with Gasteiger partial charge in [0.1, 0.15) is 0 Å². The maximum absolute atomic E-state index is 10.2. The van der Waals surface area contributed by atoms with E-state index in [1.807, 2.05) is 0 Å². The first-order chi connectivity index (χ1) is 4.72. The van der Waals surface area contributed by atoms with Crippen LogP contribution in [0.25, 0.3) is 0 Å². The summed E-state index contributed by atoms with van der Waals surface area (Å²) in [7, 11) is 0. The van der Waals surface area contributed by atoms with E-state index in [0.29, 0.717) is 13.2 Å². The van der Waals surface area contributed by atoms with Gasteiger partial charge in [0.25, 0.3) is 0 Å². The van der Waals surface area contributed by atoms with E-state index in [1.165, 1.54) is 6.92 Å². The van der Waals surface area contributed by atoms with Gasteiger partial charge in [-0.3, -0.25) is 0 Å². The van der Waals surface area contributed by atoms with Gasteiger partial charge in [0, 0.05) is 11.9 Å². The second kappa shape index (κ2) is 5.63. The van der Waals surface area contributed by atoms with Crippen LogP contribution in [0.4, 0.5) is 0 Å². The van der Waals surface area contributed by atoms with Crippen LogP contribution in [0.15, 0.2) is 0 Å². The molecule has 0 aromatic heterocycles. The first-order valence-corrected chi connectivity index (χ1v) is 3.16. The third kappa shape index (κ3) is 3.50. The molecule has 11 heavy (non-hydrogen) atoms. The summed E-state index contributed by atoms with van der Waals surface area (Å²) in [6.45, 7) is 2.45. The first-order valence-electron chi connectivity index (χ1n) is 3.16. The molecule has 1 saturated heterocycles. The Morgan fingerprint density at radius 2 is 2.00 bits per heavy atom. The minimum absolute atomic E-state index is 0. The zero-order chi connectivity index (χ0) is 7.56. The molecule has 1 rings (SSSR count). The van der Waals surface area contributed by atoms with Gasteiger partial charge in [-0.2, -0.15) is 0 Å². The molecule has 0 saturated carbocycles. The van der Waals surface area contributed by atoms with Crippen LogP contribution in [-0.2, 0) is 14.3 Å². The molecule has 0 radical (unpaired) electrons. The van der Waals surface area contributed by atoms with Gasteiger partial charge < -0.3 is 19.4 Å². The van der Waals surface area contributed by atoms with Gasteiger partial charge >= 0.3 is 51.4 Å². The monoisotopic (exact) mass is 184 g/mol. The van der Waals surface area contributed by atoms with Crippen molar-refractivity contribution in [3.8, 4) is 0 Å². The molecule has 5 heteroatoms. The number of hydrogen-bond donors (Lipinski definition) is 0. The van der Waals surface area contributed by atoms with Crippen LogP contribution in [0, 0.1) is 5.92 Å². The number of carboxylic acids is 1. The Morgan fingerprint density at radius 3 is 2.36 bits per heavy atom. The predicted molar refractivity (Wildman–Crippen MR) is 29.9 cm³/mol. The molecule has 0 aromatic rings. The minimum atomic E-state index is -1.13. The fourth-order valence-corrected chi connectivity index (χ4v) is 0.776. The molecular formula is C6H9KO4.